The van der Waals surface area contributed by atoms with E-state index in [1.807, 2.05) is 18.2 Å². The molecule has 23 heavy (non-hydrogen) atoms. The van der Waals surface area contributed by atoms with Gasteiger partial charge in [0.1, 0.15) is 0 Å². The quantitative estimate of drug-likeness (QED) is 0.719. The minimum Gasteiger partial charge on any atom is -0.396 e. The lowest BCUT2D eigenvalue weighted by atomic mass is 9.74. The van der Waals surface area contributed by atoms with E-state index >= 15 is 0 Å². The summed E-state index contributed by atoms with van der Waals surface area (Å²) in [4.78, 5) is 18.4. The van der Waals surface area contributed by atoms with Crippen molar-refractivity contribution in [1.29, 1.82) is 0 Å². The zero-order valence-corrected chi connectivity index (χ0v) is 13.6. The number of methoxy groups -OCH3 is 1. The Morgan fingerprint density at radius 2 is 2.35 bits per heavy atom. The SMILES string of the molecule is COCCC[C@@]1(CO)CN(C(=O)Cc2ccccn2)CC[C@H]1O. The number of amides is 1. The van der Waals surface area contributed by atoms with E-state index in [1.54, 1.807) is 18.2 Å². The lowest BCUT2D eigenvalue weighted by molar-refractivity contribution is -0.142. The summed E-state index contributed by atoms with van der Waals surface area (Å²) in [7, 11) is 1.63. The molecule has 0 spiro atoms. The van der Waals surface area contributed by atoms with E-state index < -0.39 is 11.5 Å². The second-order valence-electron chi connectivity index (χ2n) is 6.23. The number of carbonyl (C=O) groups is 1. The topological polar surface area (TPSA) is 82.9 Å². The highest BCUT2D eigenvalue weighted by atomic mass is 16.5. The molecule has 1 aliphatic heterocycles. The summed E-state index contributed by atoms with van der Waals surface area (Å²) in [5.74, 6) is -0.0137. The van der Waals surface area contributed by atoms with Crippen molar-refractivity contribution in [2.45, 2.75) is 31.8 Å². The Labute approximate surface area is 137 Å². The minimum atomic E-state index is -0.656. The number of hydrogen-bond donors (Lipinski definition) is 2. The average molecular weight is 322 g/mol. The molecule has 2 atom stereocenters. The molecule has 6 nitrogen and oxygen atoms in total. The lowest BCUT2D eigenvalue weighted by Crippen LogP contribution is -2.55. The van der Waals surface area contributed by atoms with E-state index in [9.17, 15) is 15.0 Å². The second kappa shape index (κ2) is 8.38. The van der Waals surface area contributed by atoms with Gasteiger partial charge >= 0.3 is 0 Å². The number of aliphatic hydroxyl groups excluding tert-OH is 2. The summed E-state index contributed by atoms with van der Waals surface area (Å²) >= 11 is 0. The van der Waals surface area contributed by atoms with Crippen molar-refractivity contribution in [3.8, 4) is 0 Å². The molecule has 0 saturated carbocycles. The van der Waals surface area contributed by atoms with Gasteiger partial charge < -0.3 is 19.8 Å². The van der Waals surface area contributed by atoms with Crippen molar-refractivity contribution in [3.05, 3.63) is 30.1 Å². The molecule has 1 aromatic heterocycles. The molecule has 1 fully saturated rings. The highest BCUT2D eigenvalue weighted by Crippen LogP contribution is 2.35. The van der Waals surface area contributed by atoms with Crippen molar-refractivity contribution in [2.24, 2.45) is 5.41 Å². The molecule has 0 aromatic carbocycles. The van der Waals surface area contributed by atoms with E-state index in [1.165, 1.54) is 0 Å². The first kappa shape index (κ1) is 17.8. The summed E-state index contributed by atoms with van der Waals surface area (Å²) in [5.41, 5.74) is 0.0777. The molecular weight excluding hydrogens is 296 g/mol. The van der Waals surface area contributed by atoms with Crippen molar-refractivity contribution < 1.29 is 19.7 Å². The number of piperidine rings is 1. The first-order valence-corrected chi connectivity index (χ1v) is 8.07. The van der Waals surface area contributed by atoms with Crippen LogP contribution in [0.25, 0.3) is 0 Å². The number of pyridine rings is 1. The summed E-state index contributed by atoms with van der Waals surface area (Å²) < 4.78 is 5.06. The van der Waals surface area contributed by atoms with Crippen molar-refractivity contribution >= 4 is 5.91 Å². The van der Waals surface area contributed by atoms with Crippen LogP contribution in [0, 0.1) is 5.41 Å². The molecule has 0 aliphatic carbocycles. The van der Waals surface area contributed by atoms with Crippen LogP contribution >= 0.6 is 0 Å². The van der Waals surface area contributed by atoms with Crippen LogP contribution < -0.4 is 0 Å². The standard InChI is InChI=1S/C17H26N2O4/c1-23-10-4-7-17(13-20)12-19(9-6-15(17)21)16(22)11-14-5-2-3-8-18-14/h2-3,5,8,15,20-21H,4,6-7,9-13H2,1H3/t15-,17+/m1/s1. The van der Waals surface area contributed by atoms with Crippen LogP contribution in [-0.2, 0) is 16.0 Å². The van der Waals surface area contributed by atoms with Gasteiger partial charge in [-0.3, -0.25) is 9.78 Å². The van der Waals surface area contributed by atoms with Gasteiger partial charge in [0.25, 0.3) is 0 Å². The van der Waals surface area contributed by atoms with Crippen molar-refractivity contribution in [2.75, 3.05) is 33.4 Å². The predicted octanol–water partition coefficient (Wildman–Crippen LogP) is 0.623. The van der Waals surface area contributed by atoms with Gasteiger partial charge in [0.05, 0.1) is 19.1 Å². The van der Waals surface area contributed by atoms with Gasteiger partial charge in [-0.25, -0.2) is 0 Å². The van der Waals surface area contributed by atoms with Gasteiger partial charge in [-0.05, 0) is 31.4 Å². The number of hydrogen-bond acceptors (Lipinski definition) is 5. The van der Waals surface area contributed by atoms with Gasteiger partial charge in [0.15, 0.2) is 0 Å². The molecule has 0 bridgehead atoms. The van der Waals surface area contributed by atoms with Crippen LogP contribution in [-0.4, -0.2) is 65.5 Å². The maximum Gasteiger partial charge on any atom is 0.228 e. The fraction of sp³-hybridized carbons (Fsp3) is 0.647. The van der Waals surface area contributed by atoms with Crippen LogP contribution in [0.2, 0.25) is 0 Å². The van der Waals surface area contributed by atoms with E-state index in [0.717, 1.165) is 12.1 Å². The molecule has 2 rings (SSSR count). The molecule has 128 valence electrons. The summed E-state index contributed by atoms with van der Waals surface area (Å²) in [6.45, 7) is 1.33. The summed E-state index contributed by atoms with van der Waals surface area (Å²) in [6, 6.07) is 5.50. The van der Waals surface area contributed by atoms with E-state index in [-0.39, 0.29) is 18.9 Å². The number of nitrogens with zero attached hydrogens (tertiary/aromatic N) is 2. The van der Waals surface area contributed by atoms with Crippen LogP contribution in [0.3, 0.4) is 0 Å². The zero-order chi connectivity index (χ0) is 16.7. The number of likely N-dealkylation sites (tertiary alicyclic amines) is 1. The van der Waals surface area contributed by atoms with Crippen LogP contribution in [0.1, 0.15) is 25.0 Å². The van der Waals surface area contributed by atoms with E-state index in [2.05, 4.69) is 4.98 Å². The Kier molecular flexibility index (Phi) is 6.50. The smallest absolute Gasteiger partial charge is 0.228 e. The van der Waals surface area contributed by atoms with Gasteiger partial charge in [0, 0.05) is 44.1 Å². The molecule has 0 radical (unpaired) electrons. The number of ether oxygens (including phenoxy) is 1. The summed E-state index contributed by atoms with van der Waals surface area (Å²) in [6.07, 6.45) is 3.19. The maximum absolute atomic E-state index is 12.5. The molecule has 1 aromatic rings. The highest BCUT2D eigenvalue weighted by Gasteiger charge is 2.43. The zero-order valence-electron chi connectivity index (χ0n) is 13.6. The third-order valence-electron chi connectivity index (χ3n) is 4.63. The fourth-order valence-corrected chi connectivity index (χ4v) is 3.18. The second-order valence-corrected chi connectivity index (χ2v) is 6.23. The lowest BCUT2D eigenvalue weighted by Gasteiger charge is -2.45. The Balaban J connectivity index is 2.01. The van der Waals surface area contributed by atoms with Crippen LogP contribution in [0.5, 0.6) is 0 Å². The molecule has 1 saturated heterocycles. The molecule has 2 heterocycles. The van der Waals surface area contributed by atoms with Crippen LogP contribution in [0.4, 0.5) is 0 Å². The van der Waals surface area contributed by atoms with Gasteiger partial charge in [-0.2, -0.15) is 0 Å². The summed E-state index contributed by atoms with van der Waals surface area (Å²) in [5, 5.41) is 20.2. The first-order chi connectivity index (χ1) is 11.1. The minimum absolute atomic E-state index is 0.0137. The number of carbonyl (C=O) groups excluding carboxylic acids is 1. The monoisotopic (exact) mass is 322 g/mol. The molecular formula is C17H26N2O4. The highest BCUT2D eigenvalue weighted by molar-refractivity contribution is 5.78. The normalized spacial score (nSPS) is 24.7. The van der Waals surface area contributed by atoms with E-state index in [0.29, 0.717) is 32.5 Å². The number of rotatable bonds is 7. The van der Waals surface area contributed by atoms with Gasteiger partial charge in [0.2, 0.25) is 5.91 Å². The number of aliphatic hydroxyl groups is 2. The Morgan fingerprint density at radius 3 is 3.00 bits per heavy atom. The van der Waals surface area contributed by atoms with Crippen molar-refractivity contribution in [1.82, 2.24) is 9.88 Å². The molecule has 2 N–H and O–H groups in total. The Morgan fingerprint density at radius 1 is 1.52 bits per heavy atom. The Hall–Kier alpha value is -1.50. The fourth-order valence-electron chi connectivity index (χ4n) is 3.18. The predicted molar refractivity (Wildman–Crippen MR) is 85.8 cm³/mol. The van der Waals surface area contributed by atoms with Gasteiger partial charge in [-0.1, -0.05) is 6.07 Å². The van der Waals surface area contributed by atoms with Crippen LogP contribution in [0.15, 0.2) is 24.4 Å². The molecule has 1 aliphatic rings. The van der Waals surface area contributed by atoms with Crippen molar-refractivity contribution in [3.63, 3.8) is 0 Å². The maximum atomic E-state index is 12.5. The van der Waals surface area contributed by atoms with E-state index in [4.69, 9.17) is 4.74 Å². The largest absolute Gasteiger partial charge is 0.396 e. The Bertz CT molecular complexity index is 497. The average Bonchev–Trinajstić information content (AvgIpc) is 2.57. The third-order valence-corrected chi connectivity index (χ3v) is 4.63. The van der Waals surface area contributed by atoms with Gasteiger partial charge in [-0.15, -0.1) is 0 Å². The molecule has 0 unspecified atom stereocenters. The molecule has 6 heteroatoms. The third kappa shape index (κ3) is 4.50. The first-order valence-electron chi connectivity index (χ1n) is 8.07. The molecule has 1 amide bonds. The number of aromatic nitrogens is 1.